The Morgan fingerprint density at radius 2 is 2.05 bits per heavy atom. The third kappa shape index (κ3) is 3.65. The number of urea groups is 1. The molecular formula is C12H20N2O6S. The number of sulfone groups is 1. The number of nitrogens with one attached hydrogen (secondary N) is 2. The van der Waals surface area contributed by atoms with E-state index in [4.69, 9.17) is 4.74 Å². The van der Waals surface area contributed by atoms with Crippen molar-refractivity contribution >= 4 is 21.8 Å². The first-order valence-electron chi connectivity index (χ1n) is 6.81. The molecule has 0 saturated carbocycles. The average molecular weight is 320 g/mol. The van der Waals surface area contributed by atoms with Crippen LogP contribution in [0.1, 0.15) is 19.8 Å². The van der Waals surface area contributed by atoms with Gasteiger partial charge in [0, 0.05) is 6.04 Å². The van der Waals surface area contributed by atoms with Gasteiger partial charge in [0.1, 0.15) is 5.41 Å². The van der Waals surface area contributed by atoms with Crippen LogP contribution >= 0.6 is 0 Å². The number of carboxylic acid groups (broad SMARTS) is 1. The van der Waals surface area contributed by atoms with Gasteiger partial charge in [-0.05, 0) is 19.8 Å². The second kappa shape index (κ2) is 5.80. The molecule has 21 heavy (non-hydrogen) atoms. The lowest BCUT2D eigenvalue weighted by molar-refractivity contribution is -0.148. The maximum absolute atomic E-state index is 11.9. The molecule has 3 atom stereocenters. The van der Waals surface area contributed by atoms with Crippen molar-refractivity contribution in [3.63, 3.8) is 0 Å². The Bertz CT molecular complexity index is 534. The largest absolute Gasteiger partial charge is 0.481 e. The Morgan fingerprint density at radius 1 is 1.33 bits per heavy atom. The Balaban J connectivity index is 1.91. The predicted octanol–water partition coefficient (Wildman–Crippen LogP) is -0.647. The molecule has 0 aliphatic carbocycles. The summed E-state index contributed by atoms with van der Waals surface area (Å²) in [5.41, 5.74) is -1.17. The van der Waals surface area contributed by atoms with Crippen molar-refractivity contribution in [2.45, 2.75) is 31.8 Å². The number of hydrogen-bond donors (Lipinski definition) is 3. The molecule has 0 aromatic carbocycles. The first-order valence-corrected chi connectivity index (χ1v) is 8.64. The highest BCUT2D eigenvalue weighted by Crippen LogP contribution is 2.28. The Labute approximate surface area is 123 Å². The van der Waals surface area contributed by atoms with Crippen LogP contribution in [0.4, 0.5) is 4.79 Å². The number of carbonyl (C=O) groups is 2. The maximum atomic E-state index is 11.9. The minimum Gasteiger partial charge on any atom is -0.481 e. The second-order valence-electron chi connectivity index (χ2n) is 5.86. The van der Waals surface area contributed by atoms with Crippen LogP contribution in [-0.4, -0.2) is 62.3 Å². The Morgan fingerprint density at radius 3 is 2.67 bits per heavy atom. The quantitative estimate of drug-likeness (QED) is 0.635. The summed E-state index contributed by atoms with van der Waals surface area (Å²) in [4.78, 5) is 23.2. The average Bonchev–Trinajstić information content (AvgIpc) is 2.70. The number of amides is 2. The van der Waals surface area contributed by atoms with Crippen molar-refractivity contribution in [1.82, 2.24) is 10.6 Å². The molecule has 2 aliphatic rings. The number of rotatable bonds is 3. The number of carbonyl (C=O) groups excluding carboxylic acids is 1. The van der Waals surface area contributed by atoms with E-state index in [0.29, 0.717) is 12.8 Å². The summed E-state index contributed by atoms with van der Waals surface area (Å²) in [6, 6.07) is -1.63. The van der Waals surface area contributed by atoms with Gasteiger partial charge in [-0.15, -0.1) is 0 Å². The highest BCUT2D eigenvalue weighted by Gasteiger charge is 2.47. The van der Waals surface area contributed by atoms with E-state index in [2.05, 4.69) is 10.6 Å². The zero-order chi connectivity index (χ0) is 15.7. The summed E-state index contributed by atoms with van der Waals surface area (Å²) in [5, 5.41) is 14.4. The predicted molar refractivity (Wildman–Crippen MR) is 73.7 cm³/mol. The van der Waals surface area contributed by atoms with Crippen LogP contribution in [0.2, 0.25) is 0 Å². The molecule has 3 N–H and O–H groups in total. The van der Waals surface area contributed by atoms with E-state index in [0.717, 1.165) is 0 Å². The summed E-state index contributed by atoms with van der Waals surface area (Å²) >= 11 is 0. The zero-order valence-electron chi connectivity index (χ0n) is 11.8. The molecule has 2 heterocycles. The molecule has 0 spiro atoms. The van der Waals surface area contributed by atoms with E-state index in [1.165, 1.54) is 6.92 Å². The van der Waals surface area contributed by atoms with Crippen molar-refractivity contribution in [2.24, 2.45) is 5.41 Å². The van der Waals surface area contributed by atoms with Crippen molar-refractivity contribution in [2.75, 3.05) is 24.7 Å². The Hall–Kier alpha value is -1.35. The summed E-state index contributed by atoms with van der Waals surface area (Å²) in [6.45, 7) is 1.67. The number of hydrogen-bond acceptors (Lipinski definition) is 5. The standard InChI is InChI=1S/C12H20N2O6S/c1-12(10(15)16)7-20-5-9(12)14-11(17)13-8-3-2-4-21(18,19)6-8/h8-9H,2-7H2,1H3,(H,15,16)(H2,13,14,17). The Kier molecular flexibility index (Phi) is 4.43. The minimum atomic E-state index is -3.10. The van der Waals surface area contributed by atoms with Gasteiger partial charge in [0.2, 0.25) is 0 Å². The molecule has 2 saturated heterocycles. The number of carboxylic acids is 1. The fourth-order valence-corrected chi connectivity index (χ4v) is 4.24. The number of ether oxygens (including phenoxy) is 1. The van der Waals surface area contributed by atoms with Gasteiger partial charge in [-0.3, -0.25) is 4.79 Å². The van der Waals surface area contributed by atoms with Crippen LogP contribution in [0, 0.1) is 5.41 Å². The van der Waals surface area contributed by atoms with E-state index in [1.807, 2.05) is 0 Å². The van der Waals surface area contributed by atoms with Crippen molar-refractivity contribution in [1.29, 1.82) is 0 Å². The SMILES string of the molecule is CC1(C(=O)O)COCC1NC(=O)NC1CCCS(=O)(=O)C1. The topological polar surface area (TPSA) is 122 Å². The molecule has 9 heteroatoms. The van der Waals surface area contributed by atoms with E-state index in [-0.39, 0.29) is 24.7 Å². The molecule has 0 bridgehead atoms. The van der Waals surface area contributed by atoms with Crippen LogP contribution in [-0.2, 0) is 19.4 Å². The molecule has 3 unspecified atom stereocenters. The van der Waals surface area contributed by atoms with E-state index < -0.39 is 39.3 Å². The maximum Gasteiger partial charge on any atom is 0.315 e. The van der Waals surface area contributed by atoms with Crippen molar-refractivity contribution in [3.8, 4) is 0 Å². The normalized spacial score (nSPS) is 35.1. The lowest BCUT2D eigenvalue weighted by Crippen LogP contribution is -2.55. The zero-order valence-corrected chi connectivity index (χ0v) is 12.6. The van der Waals surface area contributed by atoms with Crippen LogP contribution in [0.25, 0.3) is 0 Å². The van der Waals surface area contributed by atoms with E-state index in [9.17, 15) is 23.1 Å². The van der Waals surface area contributed by atoms with Crippen LogP contribution < -0.4 is 10.6 Å². The van der Waals surface area contributed by atoms with Crippen molar-refractivity contribution in [3.05, 3.63) is 0 Å². The molecule has 2 fully saturated rings. The molecule has 0 radical (unpaired) electrons. The molecule has 0 aromatic rings. The molecule has 2 aliphatic heterocycles. The van der Waals surface area contributed by atoms with Gasteiger partial charge >= 0.3 is 12.0 Å². The summed E-state index contributed by atoms with van der Waals surface area (Å²) in [5.74, 6) is -0.955. The smallest absolute Gasteiger partial charge is 0.315 e. The highest BCUT2D eigenvalue weighted by atomic mass is 32.2. The van der Waals surface area contributed by atoms with Crippen LogP contribution in [0.5, 0.6) is 0 Å². The van der Waals surface area contributed by atoms with E-state index >= 15 is 0 Å². The summed E-state index contributed by atoms with van der Waals surface area (Å²) in [6.07, 6.45) is 1.12. The molecule has 0 aromatic heterocycles. The van der Waals surface area contributed by atoms with Gasteiger partial charge in [-0.25, -0.2) is 13.2 Å². The first-order chi connectivity index (χ1) is 9.73. The van der Waals surface area contributed by atoms with Gasteiger partial charge in [0.05, 0.1) is 30.8 Å². The fourth-order valence-electron chi connectivity index (χ4n) is 2.61. The van der Waals surface area contributed by atoms with Gasteiger partial charge in [-0.2, -0.15) is 0 Å². The third-order valence-electron chi connectivity index (χ3n) is 4.05. The van der Waals surface area contributed by atoms with Crippen molar-refractivity contribution < 1.29 is 27.9 Å². The molecule has 8 nitrogen and oxygen atoms in total. The lowest BCUT2D eigenvalue weighted by atomic mass is 9.85. The lowest BCUT2D eigenvalue weighted by Gasteiger charge is -2.28. The molecule has 2 rings (SSSR count). The van der Waals surface area contributed by atoms with E-state index in [1.54, 1.807) is 0 Å². The fraction of sp³-hybridized carbons (Fsp3) is 0.833. The van der Waals surface area contributed by atoms with Gasteiger partial charge in [0.15, 0.2) is 9.84 Å². The third-order valence-corrected chi connectivity index (χ3v) is 5.87. The highest BCUT2D eigenvalue weighted by molar-refractivity contribution is 7.91. The second-order valence-corrected chi connectivity index (χ2v) is 8.09. The minimum absolute atomic E-state index is 0.0328. The monoisotopic (exact) mass is 320 g/mol. The summed E-state index contributed by atoms with van der Waals surface area (Å²) < 4.78 is 28.2. The molecule has 120 valence electrons. The van der Waals surface area contributed by atoms with Crippen LogP contribution in [0.15, 0.2) is 0 Å². The van der Waals surface area contributed by atoms with Gasteiger partial charge in [-0.1, -0.05) is 0 Å². The molecular weight excluding hydrogens is 300 g/mol. The molecule has 2 amide bonds. The van der Waals surface area contributed by atoms with Gasteiger partial charge < -0.3 is 20.5 Å². The van der Waals surface area contributed by atoms with Gasteiger partial charge in [0.25, 0.3) is 0 Å². The summed E-state index contributed by atoms with van der Waals surface area (Å²) in [7, 11) is -3.10. The van der Waals surface area contributed by atoms with Crippen LogP contribution in [0.3, 0.4) is 0 Å². The number of aliphatic carboxylic acids is 1. The first kappa shape index (κ1) is 16.0.